The van der Waals surface area contributed by atoms with Gasteiger partial charge in [0.15, 0.2) is 0 Å². The largest absolute Gasteiger partial charge is 0.478 e. The highest BCUT2D eigenvalue weighted by molar-refractivity contribution is 6.30. The van der Waals surface area contributed by atoms with Crippen LogP contribution in [0, 0.1) is 12.7 Å². The van der Waals surface area contributed by atoms with E-state index in [0.29, 0.717) is 16.8 Å². The first kappa shape index (κ1) is 25.9. The number of aromatic carboxylic acids is 1. The Hall–Kier alpha value is -4.23. The molecule has 0 aliphatic rings. The molecule has 0 fully saturated rings. The molecule has 0 aliphatic carbocycles. The third kappa shape index (κ3) is 5.62. The number of rotatable bonds is 7. The highest BCUT2D eigenvalue weighted by atomic mass is 35.5. The van der Waals surface area contributed by atoms with Gasteiger partial charge in [-0.25, -0.2) is 9.18 Å². The number of halogens is 2. The molecule has 0 saturated carbocycles. The summed E-state index contributed by atoms with van der Waals surface area (Å²) < 4.78 is 16.5. The molecule has 4 aromatic rings. The molecule has 4 rings (SSSR count). The number of aryl methyl sites for hydroxylation is 2. The fourth-order valence-electron chi connectivity index (χ4n) is 4.38. The predicted molar refractivity (Wildman–Crippen MR) is 141 cm³/mol. The maximum absolute atomic E-state index is 15.1. The Morgan fingerprint density at radius 1 is 1.03 bits per heavy atom. The van der Waals surface area contributed by atoms with Gasteiger partial charge in [-0.05, 0) is 65.1 Å². The van der Waals surface area contributed by atoms with Crippen molar-refractivity contribution in [2.24, 2.45) is 12.2 Å². The van der Waals surface area contributed by atoms with Crippen LogP contribution in [0.25, 0.3) is 11.1 Å². The van der Waals surface area contributed by atoms with Crippen molar-refractivity contribution in [3.05, 3.63) is 128 Å². The maximum atomic E-state index is 15.1. The first-order valence-corrected chi connectivity index (χ1v) is 11.8. The molecule has 8 heteroatoms. The highest BCUT2D eigenvalue weighted by Gasteiger charge is 2.22. The third-order valence-electron chi connectivity index (χ3n) is 6.37. The van der Waals surface area contributed by atoms with Crippen LogP contribution in [0.5, 0.6) is 0 Å². The molecule has 2 N–H and O–H groups in total. The molecular weight excluding hydrogens is 495 g/mol. The molecule has 0 spiro atoms. The fourth-order valence-corrected chi connectivity index (χ4v) is 4.54. The van der Waals surface area contributed by atoms with E-state index in [9.17, 15) is 19.9 Å². The van der Waals surface area contributed by atoms with Crippen LogP contribution < -0.4 is 5.56 Å². The number of oxime groups is 1. The lowest BCUT2D eigenvalue weighted by atomic mass is 9.84. The van der Waals surface area contributed by atoms with Crippen molar-refractivity contribution in [2.75, 3.05) is 0 Å². The Balaban J connectivity index is 1.74. The van der Waals surface area contributed by atoms with Gasteiger partial charge in [-0.2, -0.15) is 0 Å². The molecule has 0 aliphatic heterocycles. The van der Waals surface area contributed by atoms with Crippen LogP contribution in [-0.4, -0.2) is 26.6 Å². The Morgan fingerprint density at radius 3 is 2.32 bits per heavy atom. The molecule has 1 aromatic heterocycles. The summed E-state index contributed by atoms with van der Waals surface area (Å²) in [5.74, 6) is -2.00. The van der Waals surface area contributed by atoms with Crippen LogP contribution in [-0.2, 0) is 7.05 Å². The van der Waals surface area contributed by atoms with E-state index in [1.165, 1.54) is 16.7 Å². The number of nitrogens with zero attached hydrogens (tertiary/aromatic N) is 2. The van der Waals surface area contributed by atoms with Crippen molar-refractivity contribution < 1.29 is 19.5 Å². The van der Waals surface area contributed by atoms with Crippen LogP contribution >= 0.6 is 11.6 Å². The molecule has 0 saturated heterocycles. The highest BCUT2D eigenvalue weighted by Crippen LogP contribution is 2.34. The minimum atomic E-state index is -0.988. The number of aromatic nitrogens is 1. The zero-order chi connectivity index (χ0) is 26.7. The van der Waals surface area contributed by atoms with Crippen LogP contribution in [0.4, 0.5) is 4.39 Å². The molecule has 1 heterocycles. The second-order valence-corrected chi connectivity index (χ2v) is 9.23. The van der Waals surface area contributed by atoms with Crippen LogP contribution in [0.15, 0.2) is 88.9 Å². The summed E-state index contributed by atoms with van der Waals surface area (Å²) in [5, 5.41) is 22.8. The molecule has 6 nitrogen and oxygen atoms in total. The predicted octanol–water partition coefficient (Wildman–Crippen LogP) is 6.25. The number of carboxylic acids is 1. The number of pyridine rings is 1. The SMILES string of the molecule is Cc1cc(C(=O)O)ccc1-c1ccc([C@H](CC(=NO)c2ccc(=O)n(C)c2)c2ccc(Cl)cc2F)cc1. The Labute approximate surface area is 217 Å². The third-order valence-corrected chi connectivity index (χ3v) is 6.61. The minimum Gasteiger partial charge on any atom is -0.478 e. The maximum Gasteiger partial charge on any atom is 0.335 e. The van der Waals surface area contributed by atoms with Crippen LogP contribution in [0.3, 0.4) is 0 Å². The average molecular weight is 519 g/mol. The van der Waals surface area contributed by atoms with Gasteiger partial charge in [-0.1, -0.05) is 53.2 Å². The van der Waals surface area contributed by atoms with Crippen molar-refractivity contribution in [3.63, 3.8) is 0 Å². The van der Waals surface area contributed by atoms with Crippen molar-refractivity contribution in [1.29, 1.82) is 0 Å². The van der Waals surface area contributed by atoms with Gasteiger partial charge < -0.3 is 14.9 Å². The van der Waals surface area contributed by atoms with Crippen LogP contribution in [0.1, 0.15) is 45.0 Å². The van der Waals surface area contributed by atoms with E-state index in [2.05, 4.69) is 5.16 Å². The minimum absolute atomic E-state index is 0.152. The topological polar surface area (TPSA) is 91.9 Å². The van der Waals surface area contributed by atoms with E-state index in [-0.39, 0.29) is 22.6 Å². The quantitative estimate of drug-likeness (QED) is 0.172. The molecule has 0 unspecified atom stereocenters. The van der Waals surface area contributed by atoms with Gasteiger partial charge in [0, 0.05) is 42.2 Å². The van der Waals surface area contributed by atoms with Crippen molar-refractivity contribution in [3.8, 4) is 11.1 Å². The molecule has 0 bridgehead atoms. The van der Waals surface area contributed by atoms with Crippen molar-refractivity contribution in [1.82, 2.24) is 4.57 Å². The number of carbonyl (C=O) groups is 1. The molecule has 0 radical (unpaired) electrons. The molecular formula is C29H24ClFN2O4. The molecule has 3 aromatic carbocycles. The van der Waals surface area contributed by atoms with Gasteiger partial charge in [0.2, 0.25) is 5.56 Å². The van der Waals surface area contributed by atoms with Gasteiger partial charge in [-0.3, -0.25) is 4.79 Å². The lowest BCUT2D eigenvalue weighted by molar-refractivity contribution is 0.0696. The van der Waals surface area contributed by atoms with Gasteiger partial charge in [-0.15, -0.1) is 0 Å². The second-order valence-electron chi connectivity index (χ2n) is 8.79. The standard InChI is InChI=1S/C29H24ClFN2O4/c1-17-13-20(29(35)36)7-10-23(17)18-3-5-19(6-4-18)25(24-11-9-22(30)14-26(24)31)15-27(32-37)21-8-12-28(34)33(2)16-21/h3-14,16,25,37H,15H2,1-2H3,(H,35,36)/t25-/m0/s1. The molecule has 37 heavy (non-hydrogen) atoms. The van der Waals surface area contributed by atoms with Crippen molar-refractivity contribution in [2.45, 2.75) is 19.3 Å². The monoisotopic (exact) mass is 518 g/mol. The van der Waals surface area contributed by atoms with E-state index in [0.717, 1.165) is 22.3 Å². The first-order valence-electron chi connectivity index (χ1n) is 11.4. The average Bonchev–Trinajstić information content (AvgIpc) is 2.87. The fraction of sp³-hybridized carbons (Fsp3) is 0.138. The smallest absolute Gasteiger partial charge is 0.335 e. The Kier molecular flexibility index (Phi) is 7.55. The Bertz CT molecular complexity index is 1560. The normalized spacial score (nSPS) is 12.4. The number of benzene rings is 3. The van der Waals surface area contributed by atoms with Crippen LogP contribution in [0.2, 0.25) is 5.02 Å². The number of hydrogen-bond donors (Lipinski definition) is 2. The number of hydrogen-bond acceptors (Lipinski definition) is 4. The Morgan fingerprint density at radius 2 is 1.73 bits per heavy atom. The summed E-state index contributed by atoms with van der Waals surface area (Å²) in [6, 6.07) is 19.9. The van der Waals surface area contributed by atoms with E-state index >= 15 is 4.39 Å². The summed E-state index contributed by atoms with van der Waals surface area (Å²) in [6.07, 6.45) is 1.72. The van der Waals surface area contributed by atoms with E-state index in [1.54, 1.807) is 49.6 Å². The second kappa shape index (κ2) is 10.8. The van der Waals surface area contributed by atoms with Gasteiger partial charge in [0.05, 0.1) is 11.3 Å². The first-order chi connectivity index (χ1) is 17.7. The van der Waals surface area contributed by atoms with E-state index in [1.807, 2.05) is 31.2 Å². The zero-order valence-corrected chi connectivity index (χ0v) is 20.9. The van der Waals surface area contributed by atoms with Gasteiger partial charge >= 0.3 is 5.97 Å². The molecule has 188 valence electrons. The van der Waals surface area contributed by atoms with Crippen molar-refractivity contribution >= 4 is 23.3 Å². The summed E-state index contributed by atoms with van der Waals surface area (Å²) in [6.45, 7) is 1.85. The van der Waals surface area contributed by atoms with E-state index < -0.39 is 17.7 Å². The summed E-state index contributed by atoms with van der Waals surface area (Å²) in [5.41, 5.74) is 4.57. The van der Waals surface area contributed by atoms with Gasteiger partial charge in [0.25, 0.3) is 0 Å². The number of carboxylic acid groups (broad SMARTS) is 1. The molecule has 1 atom stereocenters. The lowest BCUT2D eigenvalue weighted by Gasteiger charge is -2.20. The van der Waals surface area contributed by atoms with Gasteiger partial charge in [0.1, 0.15) is 5.82 Å². The summed E-state index contributed by atoms with van der Waals surface area (Å²) in [7, 11) is 1.60. The summed E-state index contributed by atoms with van der Waals surface area (Å²) in [4.78, 5) is 23.1. The lowest BCUT2D eigenvalue weighted by Crippen LogP contribution is -2.18. The van der Waals surface area contributed by atoms with E-state index in [4.69, 9.17) is 11.6 Å². The summed E-state index contributed by atoms with van der Waals surface area (Å²) >= 11 is 5.99. The molecule has 0 amide bonds. The zero-order valence-electron chi connectivity index (χ0n) is 20.2.